The maximum atomic E-state index is 13.4. The average molecular weight is 175 g/mol. The number of fused-ring (bicyclic) bond motifs is 1. The Bertz CT molecular complexity index is 454. The van der Waals surface area contributed by atoms with Crippen LogP contribution in [-0.4, -0.2) is 4.98 Å². The van der Waals surface area contributed by atoms with Crippen LogP contribution in [0.25, 0.3) is 10.9 Å². The van der Waals surface area contributed by atoms with Gasteiger partial charge in [0, 0.05) is 11.6 Å². The Balaban J connectivity index is 2.27. The summed E-state index contributed by atoms with van der Waals surface area (Å²) in [4.78, 5) is 2.90. The molecular weight excluding hydrogens is 165 g/mol. The zero-order valence-corrected chi connectivity index (χ0v) is 7.18. The molecule has 1 N–H and O–H groups in total. The van der Waals surface area contributed by atoms with Crippen molar-refractivity contribution >= 4 is 10.9 Å². The number of nitrogens with one attached hydrogen (secondary N) is 1. The van der Waals surface area contributed by atoms with Gasteiger partial charge in [-0.1, -0.05) is 0 Å². The van der Waals surface area contributed by atoms with E-state index < -0.39 is 0 Å². The summed E-state index contributed by atoms with van der Waals surface area (Å²) in [6.45, 7) is 0. The molecule has 0 bridgehead atoms. The van der Waals surface area contributed by atoms with E-state index in [0.717, 1.165) is 10.9 Å². The van der Waals surface area contributed by atoms with Gasteiger partial charge in [-0.3, -0.25) is 0 Å². The lowest BCUT2D eigenvalue weighted by Crippen LogP contribution is -1.83. The van der Waals surface area contributed by atoms with Gasteiger partial charge in [-0.15, -0.1) is 0 Å². The molecule has 3 rings (SSSR count). The SMILES string of the molecule is Fc1cc(C2CC2)cc2cc[nH]c12. The van der Waals surface area contributed by atoms with Crippen LogP contribution in [0.2, 0.25) is 0 Å². The molecule has 2 heteroatoms. The van der Waals surface area contributed by atoms with Gasteiger partial charge in [0.25, 0.3) is 0 Å². The molecule has 2 aromatic rings. The summed E-state index contributed by atoms with van der Waals surface area (Å²) in [6, 6.07) is 5.67. The molecule has 0 unspecified atom stereocenters. The van der Waals surface area contributed by atoms with Crippen molar-refractivity contribution in [3.8, 4) is 0 Å². The van der Waals surface area contributed by atoms with Gasteiger partial charge in [0.1, 0.15) is 5.82 Å². The Labute approximate surface area is 75.6 Å². The van der Waals surface area contributed by atoms with Crippen LogP contribution in [0.15, 0.2) is 24.4 Å². The van der Waals surface area contributed by atoms with E-state index in [1.54, 1.807) is 12.3 Å². The number of aromatic nitrogens is 1. The molecule has 0 spiro atoms. The Morgan fingerprint density at radius 3 is 2.92 bits per heavy atom. The van der Waals surface area contributed by atoms with E-state index in [9.17, 15) is 4.39 Å². The van der Waals surface area contributed by atoms with Gasteiger partial charge in [-0.2, -0.15) is 0 Å². The quantitative estimate of drug-likeness (QED) is 0.685. The van der Waals surface area contributed by atoms with E-state index in [-0.39, 0.29) is 5.82 Å². The summed E-state index contributed by atoms with van der Waals surface area (Å²) in [6.07, 6.45) is 4.22. The largest absolute Gasteiger partial charge is 0.359 e. The van der Waals surface area contributed by atoms with Gasteiger partial charge < -0.3 is 4.98 Å². The van der Waals surface area contributed by atoms with Crippen molar-refractivity contribution in [1.29, 1.82) is 0 Å². The van der Waals surface area contributed by atoms with Crippen molar-refractivity contribution in [3.05, 3.63) is 35.8 Å². The maximum Gasteiger partial charge on any atom is 0.147 e. The second kappa shape index (κ2) is 2.34. The van der Waals surface area contributed by atoms with Crippen LogP contribution in [0.3, 0.4) is 0 Å². The molecule has 1 saturated carbocycles. The smallest absolute Gasteiger partial charge is 0.147 e. The fraction of sp³-hybridized carbons (Fsp3) is 0.273. The van der Waals surface area contributed by atoms with Crippen molar-refractivity contribution in [2.45, 2.75) is 18.8 Å². The fourth-order valence-corrected chi connectivity index (χ4v) is 1.80. The molecule has 0 saturated heterocycles. The predicted octanol–water partition coefficient (Wildman–Crippen LogP) is 3.18. The zero-order chi connectivity index (χ0) is 8.84. The van der Waals surface area contributed by atoms with Gasteiger partial charge in [0.05, 0.1) is 5.52 Å². The first-order valence-electron chi connectivity index (χ1n) is 4.61. The molecule has 0 aliphatic heterocycles. The molecule has 1 aliphatic carbocycles. The third kappa shape index (κ3) is 1.05. The van der Waals surface area contributed by atoms with Crippen molar-refractivity contribution in [1.82, 2.24) is 4.98 Å². The van der Waals surface area contributed by atoms with E-state index in [1.807, 2.05) is 6.07 Å². The van der Waals surface area contributed by atoms with Crippen LogP contribution in [0.4, 0.5) is 4.39 Å². The lowest BCUT2D eigenvalue weighted by Gasteiger charge is -1.99. The highest BCUT2D eigenvalue weighted by atomic mass is 19.1. The molecule has 0 radical (unpaired) electrons. The summed E-state index contributed by atoms with van der Waals surface area (Å²) in [7, 11) is 0. The summed E-state index contributed by atoms with van der Waals surface area (Å²) in [5.41, 5.74) is 1.79. The molecule has 0 amide bonds. The third-order valence-electron chi connectivity index (χ3n) is 2.68. The number of aromatic amines is 1. The standard InChI is InChI=1S/C11H10FN/c12-10-6-9(7-1-2-7)5-8-3-4-13-11(8)10/h3-7,13H,1-2H2. The predicted molar refractivity (Wildman–Crippen MR) is 50.2 cm³/mol. The summed E-state index contributed by atoms with van der Waals surface area (Å²) < 4.78 is 13.4. The van der Waals surface area contributed by atoms with E-state index in [0.29, 0.717) is 11.4 Å². The topological polar surface area (TPSA) is 15.8 Å². The molecule has 1 aliphatic rings. The van der Waals surface area contributed by atoms with E-state index in [2.05, 4.69) is 11.1 Å². The molecule has 0 atom stereocenters. The molecule has 1 aromatic carbocycles. The number of rotatable bonds is 1. The van der Waals surface area contributed by atoms with Crippen LogP contribution in [0, 0.1) is 5.82 Å². The van der Waals surface area contributed by atoms with Crippen LogP contribution in [0.1, 0.15) is 24.3 Å². The first-order valence-corrected chi connectivity index (χ1v) is 4.61. The number of hydrogen-bond acceptors (Lipinski definition) is 0. The second-order valence-corrected chi connectivity index (χ2v) is 3.72. The first-order chi connectivity index (χ1) is 6.34. The van der Waals surface area contributed by atoms with E-state index >= 15 is 0 Å². The van der Waals surface area contributed by atoms with Gasteiger partial charge in [0.2, 0.25) is 0 Å². The molecular formula is C11H10FN. The van der Waals surface area contributed by atoms with Crippen LogP contribution in [0.5, 0.6) is 0 Å². The lowest BCUT2D eigenvalue weighted by atomic mass is 10.1. The highest BCUT2D eigenvalue weighted by Crippen LogP contribution is 2.41. The highest BCUT2D eigenvalue weighted by molar-refractivity contribution is 5.80. The number of halogens is 1. The number of H-pyrrole nitrogens is 1. The van der Waals surface area contributed by atoms with Crippen LogP contribution < -0.4 is 0 Å². The van der Waals surface area contributed by atoms with Gasteiger partial charge >= 0.3 is 0 Å². The molecule has 1 aromatic heterocycles. The van der Waals surface area contributed by atoms with Crippen molar-refractivity contribution < 1.29 is 4.39 Å². The number of hydrogen-bond donors (Lipinski definition) is 1. The Hall–Kier alpha value is -1.31. The molecule has 1 nitrogen and oxygen atoms in total. The number of benzene rings is 1. The lowest BCUT2D eigenvalue weighted by molar-refractivity contribution is 0.635. The van der Waals surface area contributed by atoms with Crippen molar-refractivity contribution in [2.75, 3.05) is 0 Å². The minimum absolute atomic E-state index is 0.121. The van der Waals surface area contributed by atoms with E-state index in [4.69, 9.17) is 0 Å². The van der Waals surface area contributed by atoms with Crippen LogP contribution >= 0.6 is 0 Å². The van der Waals surface area contributed by atoms with Crippen molar-refractivity contribution in [3.63, 3.8) is 0 Å². The summed E-state index contributed by atoms with van der Waals surface area (Å²) in [5, 5.41) is 0.988. The van der Waals surface area contributed by atoms with Crippen LogP contribution in [-0.2, 0) is 0 Å². The zero-order valence-electron chi connectivity index (χ0n) is 7.18. The molecule has 1 heterocycles. The second-order valence-electron chi connectivity index (χ2n) is 3.72. The molecule has 66 valence electrons. The average Bonchev–Trinajstić information content (AvgIpc) is 2.85. The van der Waals surface area contributed by atoms with Gasteiger partial charge in [0.15, 0.2) is 0 Å². The van der Waals surface area contributed by atoms with Gasteiger partial charge in [-0.25, -0.2) is 4.39 Å². The van der Waals surface area contributed by atoms with E-state index in [1.165, 1.54) is 12.8 Å². The minimum atomic E-state index is -0.121. The Kier molecular flexibility index (Phi) is 1.29. The molecule has 13 heavy (non-hydrogen) atoms. The molecule has 1 fully saturated rings. The summed E-state index contributed by atoms with van der Waals surface area (Å²) >= 11 is 0. The minimum Gasteiger partial charge on any atom is -0.359 e. The van der Waals surface area contributed by atoms with Gasteiger partial charge in [-0.05, 0) is 42.5 Å². The highest BCUT2D eigenvalue weighted by Gasteiger charge is 2.24. The Morgan fingerprint density at radius 1 is 1.31 bits per heavy atom. The van der Waals surface area contributed by atoms with Crippen molar-refractivity contribution in [2.24, 2.45) is 0 Å². The summed E-state index contributed by atoms with van der Waals surface area (Å²) in [5.74, 6) is 0.498. The maximum absolute atomic E-state index is 13.4. The monoisotopic (exact) mass is 175 g/mol. The first kappa shape index (κ1) is 7.13. The fourth-order valence-electron chi connectivity index (χ4n) is 1.80. The normalized spacial score (nSPS) is 16.7. The third-order valence-corrected chi connectivity index (χ3v) is 2.68. The Morgan fingerprint density at radius 2 is 2.15 bits per heavy atom.